The molecule has 1 heterocycles. The molecule has 2 aliphatic rings. The fourth-order valence-corrected chi connectivity index (χ4v) is 2.77. The number of carbonyl (C=O) groups excluding carboxylic acids is 2. The van der Waals surface area contributed by atoms with E-state index in [0.717, 1.165) is 25.7 Å². The summed E-state index contributed by atoms with van der Waals surface area (Å²) in [5.41, 5.74) is 5.14. The molecular formula is C19H24O3. The minimum atomic E-state index is -0.453. The van der Waals surface area contributed by atoms with Gasteiger partial charge in [0.2, 0.25) is 0 Å². The summed E-state index contributed by atoms with van der Waals surface area (Å²) in [5.74, 6) is -0.899. The van der Waals surface area contributed by atoms with Crippen LogP contribution in [-0.4, -0.2) is 11.9 Å². The van der Waals surface area contributed by atoms with Gasteiger partial charge in [0.05, 0.1) is 11.1 Å². The second-order valence-corrected chi connectivity index (χ2v) is 6.29. The third-order valence-corrected chi connectivity index (χ3v) is 4.09. The van der Waals surface area contributed by atoms with Crippen LogP contribution in [0.15, 0.2) is 46.1 Å². The zero-order valence-corrected chi connectivity index (χ0v) is 13.7. The van der Waals surface area contributed by atoms with Gasteiger partial charge in [0.25, 0.3) is 0 Å². The van der Waals surface area contributed by atoms with E-state index in [9.17, 15) is 9.59 Å². The number of esters is 2. The van der Waals surface area contributed by atoms with E-state index < -0.39 is 11.9 Å². The first-order chi connectivity index (χ1) is 10.5. The van der Waals surface area contributed by atoms with E-state index in [1.165, 1.54) is 16.7 Å². The maximum absolute atomic E-state index is 11.6. The molecule has 3 nitrogen and oxygen atoms in total. The third kappa shape index (κ3) is 4.30. The number of rotatable bonds is 6. The molecule has 0 fully saturated rings. The van der Waals surface area contributed by atoms with Crippen LogP contribution in [0.1, 0.15) is 59.3 Å². The Hall–Kier alpha value is -1.90. The van der Waals surface area contributed by atoms with Gasteiger partial charge in [-0.05, 0) is 52.9 Å². The molecule has 0 N–H and O–H groups in total. The maximum Gasteiger partial charge on any atom is 0.342 e. The number of allylic oxidation sites excluding steroid dienone is 6. The summed E-state index contributed by atoms with van der Waals surface area (Å²) in [6.07, 6.45) is 11.8. The minimum absolute atomic E-state index is 0.445. The molecule has 0 radical (unpaired) electrons. The summed E-state index contributed by atoms with van der Waals surface area (Å²) in [6, 6.07) is 0. The maximum atomic E-state index is 11.6. The second kappa shape index (κ2) is 7.39. The Morgan fingerprint density at radius 1 is 1.09 bits per heavy atom. The van der Waals surface area contributed by atoms with Crippen LogP contribution in [0.3, 0.4) is 0 Å². The van der Waals surface area contributed by atoms with Gasteiger partial charge in [0, 0.05) is 6.42 Å². The van der Waals surface area contributed by atoms with E-state index >= 15 is 0 Å². The van der Waals surface area contributed by atoms with E-state index in [-0.39, 0.29) is 0 Å². The lowest BCUT2D eigenvalue weighted by Crippen LogP contribution is -2.03. The highest BCUT2D eigenvalue weighted by Gasteiger charge is 2.34. The van der Waals surface area contributed by atoms with Crippen molar-refractivity contribution in [2.24, 2.45) is 0 Å². The van der Waals surface area contributed by atoms with E-state index in [0.29, 0.717) is 24.0 Å². The quantitative estimate of drug-likeness (QED) is 0.410. The fraction of sp³-hybridized carbons (Fsp3) is 0.474. The Balaban J connectivity index is 1.79. The van der Waals surface area contributed by atoms with Crippen LogP contribution in [0.5, 0.6) is 0 Å². The zero-order chi connectivity index (χ0) is 16.1. The standard InChI is InChI=1S/C19H24O3/c1-13(2)6-4-7-14(3)8-5-9-15-10-11-16-17(12-15)19(21)22-18(16)20/h6,8,10H,4-5,7,9,11-12H2,1-3H3/b14-8+. The van der Waals surface area contributed by atoms with Crippen LogP contribution in [-0.2, 0) is 14.3 Å². The van der Waals surface area contributed by atoms with Crippen molar-refractivity contribution in [3.63, 3.8) is 0 Å². The molecule has 1 aliphatic carbocycles. The number of ether oxygens (including phenoxy) is 1. The molecule has 0 bridgehead atoms. The molecular weight excluding hydrogens is 276 g/mol. The first-order valence-electron chi connectivity index (χ1n) is 7.93. The van der Waals surface area contributed by atoms with Crippen LogP contribution < -0.4 is 0 Å². The van der Waals surface area contributed by atoms with Crippen LogP contribution in [0.25, 0.3) is 0 Å². The molecule has 0 saturated heterocycles. The molecule has 0 spiro atoms. The first-order valence-corrected chi connectivity index (χ1v) is 7.93. The van der Waals surface area contributed by atoms with Crippen LogP contribution >= 0.6 is 0 Å². The SMILES string of the molecule is CC(C)=CCC/C(C)=C/CCC1=CCC2=C(C1)C(=O)OC2=O. The van der Waals surface area contributed by atoms with Gasteiger partial charge in [-0.3, -0.25) is 0 Å². The number of cyclic esters (lactones) is 2. The lowest BCUT2D eigenvalue weighted by atomic mass is 9.90. The molecule has 1 aliphatic heterocycles. The largest absolute Gasteiger partial charge is 0.386 e. The summed E-state index contributed by atoms with van der Waals surface area (Å²) < 4.78 is 4.66. The van der Waals surface area contributed by atoms with Gasteiger partial charge in [-0.15, -0.1) is 0 Å². The second-order valence-electron chi connectivity index (χ2n) is 6.29. The van der Waals surface area contributed by atoms with Crippen molar-refractivity contribution < 1.29 is 14.3 Å². The number of carbonyl (C=O) groups is 2. The lowest BCUT2D eigenvalue weighted by molar-refractivity contribution is -0.151. The Morgan fingerprint density at radius 2 is 1.82 bits per heavy atom. The highest BCUT2D eigenvalue weighted by molar-refractivity contribution is 6.13. The molecule has 0 saturated carbocycles. The number of hydrogen-bond donors (Lipinski definition) is 0. The van der Waals surface area contributed by atoms with Gasteiger partial charge < -0.3 is 4.74 Å². The third-order valence-electron chi connectivity index (χ3n) is 4.09. The fourth-order valence-electron chi connectivity index (χ4n) is 2.77. The van der Waals surface area contributed by atoms with Gasteiger partial charge in [0.15, 0.2) is 0 Å². The molecule has 0 aromatic rings. The van der Waals surface area contributed by atoms with E-state index in [2.05, 4.69) is 43.7 Å². The summed E-state index contributed by atoms with van der Waals surface area (Å²) in [5, 5.41) is 0. The molecule has 0 unspecified atom stereocenters. The van der Waals surface area contributed by atoms with Gasteiger partial charge in [0.1, 0.15) is 0 Å². The Kier molecular flexibility index (Phi) is 5.53. The Morgan fingerprint density at radius 3 is 2.55 bits per heavy atom. The van der Waals surface area contributed by atoms with Crippen molar-refractivity contribution in [2.75, 3.05) is 0 Å². The lowest BCUT2D eigenvalue weighted by Gasteiger charge is -2.11. The topological polar surface area (TPSA) is 43.4 Å². The smallest absolute Gasteiger partial charge is 0.342 e. The van der Waals surface area contributed by atoms with Crippen LogP contribution in [0.2, 0.25) is 0 Å². The van der Waals surface area contributed by atoms with Gasteiger partial charge >= 0.3 is 11.9 Å². The molecule has 3 heteroatoms. The van der Waals surface area contributed by atoms with Crippen molar-refractivity contribution >= 4 is 11.9 Å². The Bertz CT molecular complexity index is 596. The minimum Gasteiger partial charge on any atom is -0.386 e. The molecule has 2 rings (SSSR count). The molecule has 0 atom stereocenters. The predicted molar refractivity (Wildman–Crippen MR) is 87.1 cm³/mol. The molecule has 22 heavy (non-hydrogen) atoms. The van der Waals surface area contributed by atoms with Gasteiger partial charge in [-0.2, -0.15) is 0 Å². The van der Waals surface area contributed by atoms with Gasteiger partial charge in [-0.1, -0.05) is 34.9 Å². The van der Waals surface area contributed by atoms with Crippen molar-refractivity contribution in [3.05, 3.63) is 46.1 Å². The summed E-state index contributed by atoms with van der Waals surface area (Å²) in [7, 11) is 0. The summed E-state index contributed by atoms with van der Waals surface area (Å²) in [6.45, 7) is 6.41. The van der Waals surface area contributed by atoms with Crippen molar-refractivity contribution in [1.29, 1.82) is 0 Å². The van der Waals surface area contributed by atoms with Crippen molar-refractivity contribution in [2.45, 2.75) is 59.3 Å². The normalized spacial score (nSPS) is 18.1. The van der Waals surface area contributed by atoms with Gasteiger partial charge in [-0.25, -0.2) is 9.59 Å². The van der Waals surface area contributed by atoms with Crippen LogP contribution in [0, 0.1) is 0 Å². The van der Waals surface area contributed by atoms with E-state index in [1.807, 2.05) is 0 Å². The van der Waals surface area contributed by atoms with E-state index in [4.69, 9.17) is 0 Å². The zero-order valence-electron chi connectivity index (χ0n) is 13.7. The molecule has 0 aromatic heterocycles. The Labute approximate surface area is 132 Å². The number of hydrogen-bond acceptors (Lipinski definition) is 3. The average molecular weight is 300 g/mol. The van der Waals surface area contributed by atoms with Crippen LogP contribution in [0.4, 0.5) is 0 Å². The summed E-state index contributed by atoms with van der Waals surface area (Å²) in [4.78, 5) is 23.0. The summed E-state index contributed by atoms with van der Waals surface area (Å²) >= 11 is 0. The van der Waals surface area contributed by atoms with E-state index in [1.54, 1.807) is 0 Å². The highest BCUT2D eigenvalue weighted by Crippen LogP contribution is 2.32. The molecule has 0 aromatic carbocycles. The monoisotopic (exact) mass is 300 g/mol. The molecule has 118 valence electrons. The van der Waals surface area contributed by atoms with Crippen molar-refractivity contribution in [1.82, 2.24) is 0 Å². The first kappa shape index (κ1) is 16.5. The van der Waals surface area contributed by atoms with Crippen molar-refractivity contribution in [3.8, 4) is 0 Å². The highest BCUT2D eigenvalue weighted by atomic mass is 16.6. The molecule has 0 amide bonds. The average Bonchev–Trinajstić information content (AvgIpc) is 2.73. The predicted octanol–water partition coefficient (Wildman–Crippen LogP) is 4.56.